The third kappa shape index (κ3) is 6.55. The van der Waals surface area contributed by atoms with E-state index in [1.807, 2.05) is 54.7 Å². The SMILES string of the molecule is c1ccc(-c2cccc(-c3ccc4c(c3)c3ccccc3n4-c3ccc(N(c4ccc(-c5nc6ccccc6nc5-c5ccccc5)cc4)c4cccc5cccnc45)cc3)c2)cc1. The van der Waals surface area contributed by atoms with Crippen LogP contribution >= 0.6 is 0 Å². The second kappa shape index (κ2) is 15.7. The molecule has 0 saturated heterocycles. The van der Waals surface area contributed by atoms with Gasteiger partial charge < -0.3 is 9.47 Å². The Kier molecular flexibility index (Phi) is 9.08. The van der Waals surface area contributed by atoms with Crippen LogP contribution in [0.2, 0.25) is 0 Å². The molecule has 0 bridgehead atoms. The third-order valence-corrected chi connectivity index (χ3v) is 12.2. The minimum atomic E-state index is 0.846. The van der Waals surface area contributed by atoms with E-state index in [1.165, 1.54) is 33.0 Å². The average molecular weight is 818 g/mol. The minimum Gasteiger partial charge on any atom is -0.309 e. The Morgan fingerprint density at radius 3 is 1.62 bits per heavy atom. The van der Waals surface area contributed by atoms with Crippen LogP contribution in [-0.2, 0) is 0 Å². The molecule has 0 fully saturated rings. The van der Waals surface area contributed by atoms with Gasteiger partial charge in [0.2, 0.25) is 0 Å². The molecule has 0 aliphatic heterocycles. The maximum Gasteiger partial charge on any atom is 0.0973 e. The predicted octanol–water partition coefficient (Wildman–Crippen LogP) is 15.4. The Morgan fingerprint density at radius 1 is 0.359 bits per heavy atom. The van der Waals surface area contributed by atoms with E-state index in [9.17, 15) is 0 Å². The van der Waals surface area contributed by atoms with E-state index in [-0.39, 0.29) is 0 Å². The van der Waals surface area contributed by atoms with Crippen molar-refractivity contribution >= 4 is 60.8 Å². The number of hydrogen-bond acceptors (Lipinski definition) is 4. The fourth-order valence-electron chi connectivity index (χ4n) is 9.15. The maximum atomic E-state index is 5.18. The summed E-state index contributed by atoms with van der Waals surface area (Å²) in [5, 5.41) is 3.52. The number of anilines is 3. The Hall–Kier alpha value is -8.67. The van der Waals surface area contributed by atoms with Crippen molar-refractivity contribution in [2.45, 2.75) is 0 Å². The van der Waals surface area contributed by atoms with E-state index < -0.39 is 0 Å². The van der Waals surface area contributed by atoms with Gasteiger partial charge in [0.1, 0.15) is 0 Å². The standard InChI is InChI=1S/C59H39N5/c1-3-14-40(15-4-1)44-19-11-20-45(38-44)46-29-36-55-51(39-46)50-22-7-10-25-54(50)64(55)49-34-32-48(33-35-49)63(56-26-12-18-41-21-13-37-60-57(41)56)47-30-27-43(28-31-47)59-58(42-16-5-2-6-17-42)61-52-23-8-9-24-53(52)62-59/h1-39H. The smallest absolute Gasteiger partial charge is 0.0973 e. The summed E-state index contributed by atoms with van der Waals surface area (Å²) in [5.74, 6) is 0. The minimum absolute atomic E-state index is 0.846. The van der Waals surface area contributed by atoms with E-state index >= 15 is 0 Å². The first-order valence-electron chi connectivity index (χ1n) is 21.6. The molecular weight excluding hydrogens is 779 g/mol. The molecule has 0 saturated carbocycles. The van der Waals surface area contributed by atoms with Gasteiger partial charge in [0, 0.05) is 50.5 Å². The molecule has 0 aliphatic carbocycles. The van der Waals surface area contributed by atoms with E-state index in [0.717, 1.165) is 78.2 Å². The Morgan fingerprint density at radius 2 is 0.891 bits per heavy atom. The molecule has 5 nitrogen and oxygen atoms in total. The van der Waals surface area contributed by atoms with E-state index in [0.29, 0.717) is 0 Å². The summed E-state index contributed by atoms with van der Waals surface area (Å²) in [6.45, 7) is 0. The molecule has 3 heterocycles. The number of aromatic nitrogens is 4. The molecule has 0 amide bonds. The summed E-state index contributed by atoms with van der Waals surface area (Å²) in [4.78, 5) is 17.5. The highest BCUT2D eigenvalue weighted by Gasteiger charge is 2.20. The quantitative estimate of drug-likeness (QED) is 0.153. The van der Waals surface area contributed by atoms with Crippen molar-refractivity contribution in [1.82, 2.24) is 19.5 Å². The predicted molar refractivity (Wildman–Crippen MR) is 266 cm³/mol. The van der Waals surface area contributed by atoms with Crippen LogP contribution in [0.15, 0.2) is 237 Å². The number of benzene rings is 9. The van der Waals surface area contributed by atoms with Crippen molar-refractivity contribution in [2.75, 3.05) is 4.90 Å². The molecule has 3 aromatic heterocycles. The van der Waals surface area contributed by atoms with Crippen molar-refractivity contribution in [3.8, 4) is 50.5 Å². The lowest BCUT2D eigenvalue weighted by atomic mass is 9.98. The van der Waals surface area contributed by atoms with Crippen LogP contribution in [0.5, 0.6) is 0 Å². The number of fused-ring (bicyclic) bond motifs is 5. The van der Waals surface area contributed by atoms with Crippen molar-refractivity contribution in [3.05, 3.63) is 237 Å². The van der Waals surface area contributed by atoms with Gasteiger partial charge in [-0.3, -0.25) is 4.98 Å². The van der Waals surface area contributed by atoms with Crippen LogP contribution in [0.1, 0.15) is 0 Å². The highest BCUT2D eigenvalue weighted by molar-refractivity contribution is 6.10. The maximum absolute atomic E-state index is 5.18. The van der Waals surface area contributed by atoms with E-state index in [1.54, 1.807) is 0 Å². The number of hydrogen-bond donors (Lipinski definition) is 0. The van der Waals surface area contributed by atoms with Crippen LogP contribution in [0.3, 0.4) is 0 Å². The Bertz CT molecular complexity index is 3650. The molecule has 0 radical (unpaired) electrons. The fourth-order valence-corrected chi connectivity index (χ4v) is 9.15. The number of para-hydroxylation sites is 4. The van der Waals surface area contributed by atoms with Crippen LogP contribution in [0, 0.1) is 0 Å². The number of nitrogens with zero attached hydrogens (tertiary/aromatic N) is 5. The summed E-state index contributed by atoms with van der Waals surface area (Å²) in [6.07, 6.45) is 1.87. The van der Waals surface area contributed by atoms with Gasteiger partial charge in [-0.25, -0.2) is 9.97 Å². The van der Waals surface area contributed by atoms with Gasteiger partial charge in [0.25, 0.3) is 0 Å². The van der Waals surface area contributed by atoms with Gasteiger partial charge in [0.05, 0.1) is 44.7 Å². The van der Waals surface area contributed by atoms with Crippen molar-refractivity contribution in [2.24, 2.45) is 0 Å². The van der Waals surface area contributed by atoms with Crippen molar-refractivity contribution < 1.29 is 0 Å². The molecule has 0 spiro atoms. The average Bonchev–Trinajstić information content (AvgIpc) is 3.71. The van der Waals surface area contributed by atoms with Gasteiger partial charge >= 0.3 is 0 Å². The molecule has 300 valence electrons. The molecule has 5 heteroatoms. The third-order valence-electron chi connectivity index (χ3n) is 12.2. The highest BCUT2D eigenvalue weighted by Crippen LogP contribution is 2.41. The monoisotopic (exact) mass is 817 g/mol. The highest BCUT2D eigenvalue weighted by atomic mass is 15.1. The van der Waals surface area contributed by atoms with Crippen molar-refractivity contribution in [3.63, 3.8) is 0 Å². The van der Waals surface area contributed by atoms with Crippen LogP contribution in [-0.4, -0.2) is 19.5 Å². The molecule has 0 unspecified atom stereocenters. The Balaban J connectivity index is 0.955. The van der Waals surface area contributed by atoms with Crippen LogP contribution in [0.25, 0.3) is 94.2 Å². The summed E-state index contributed by atoms with van der Waals surface area (Å²) in [7, 11) is 0. The summed E-state index contributed by atoms with van der Waals surface area (Å²) in [6, 6.07) is 81.4. The van der Waals surface area contributed by atoms with Crippen LogP contribution in [0.4, 0.5) is 17.1 Å². The van der Waals surface area contributed by atoms with E-state index in [4.69, 9.17) is 15.0 Å². The number of pyridine rings is 1. The normalized spacial score (nSPS) is 11.4. The van der Waals surface area contributed by atoms with Gasteiger partial charge in [-0.15, -0.1) is 0 Å². The van der Waals surface area contributed by atoms with Gasteiger partial charge in [-0.05, 0) is 107 Å². The summed E-state index contributed by atoms with van der Waals surface area (Å²) >= 11 is 0. The Labute approximate surface area is 370 Å². The molecular formula is C59H39N5. The molecule has 0 aliphatic rings. The first-order chi connectivity index (χ1) is 31.7. The molecule has 0 atom stereocenters. The molecule has 64 heavy (non-hydrogen) atoms. The second-order valence-corrected chi connectivity index (χ2v) is 16.1. The summed E-state index contributed by atoms with van der Waals surface area (Å²) < 4.78 is 2.38. The van der Waals surface area contributed by atoms with Crippen LogP contribution < -0.4 is 4.90 Å². The van der Waals surface area contributed by atoms with Crippen molar-refractivity contribution in [1.29, 1.82) is 0 Å². The second-order valence-electron chi connectivity index (χ2n) is 16.1. The van der Waals surface area contributed by atoms with E-state index in [2.05, 4.69) is 191 Å². The lowest BCUT2D eigenvalue weighted by molar-refractivity contribution is 1.17. The van der Waals surface area contributed by atoms with Gasteiger partial charge in [-0.1, -0.05) is 146 Å². The van der Waals surface area contributed by atoms with Gasteiger partial charge in [0.15, 0.2) is 0 Å². The molecule has 12 rings (SSSR count). The first kappa shape index (κ1) is 37.1. The zero-order valence-electron chi connectivity index (χ0n) is 34.8. The fraction of sp³-hybridized carbons (Fsp3) is 0. The first-order valence-corrected chi connectivity index (χ1v) is 21.6. The molecule has 12 aromatic rings. The molecule has 9 aromatic carbocycles. The lowest BCUT2D eigenvalue weighted by Crippen LogP contribution is -2.11. The van der Waals surface area contributed by atoms with Gasteiger partial charge in [-0.2, -0.15) is 0 Å². The largest absolute Gasteiger partial charge is 0.309 e. The topological polar surface area (TPSA) is 46.8 Å². The number of rotatable bonds is 8. The zero-order valence-corrected chi connectivity index (χ0v) is 34.8. The summed E-state index contributed by atoms with van der Waals surface area (Å²) in [5.41, 5.74) is 17.6. The molecule has 0 N–H and O–H groups in total. The lowest BCUT2D eigenvalue weighted by Gasteiger charge is -2.27. The zero-order chi connectivity index (χ0) is 42.4.